The lowest BCUT2D eigenvalue weighted by molar-refractivity contribution is -0.384. The fraction of sp³-hybridized carbons (Fsp3) is 0.188. The van der Waals surface area contributed by atoms with E-state index in [1.54, 1.807) is 39.0 Å². The molecule has 4 aromatic rings. The van der Waals surface area contributed by atoms with Crippen LogP contribution in [0.2, 0.25) is 0 Å². The predicted molar refractivity (Wildman–Crippen MR) is 163 cm³/mol. The van der Waals surface area contributed by atoms with Crippen LogP contribution < -0.4 is 9.64 Å². The standard InChI is InChI=1S/C32H27N3O8S/c1-4-42-31(39)29-19(3)33-32(44-29)34-26(21-10-13-23(14-11-21)35(40)41)25(28(37)30(34)38)27(36)22-12-15-24(18(2)16-22)43-17-20-8-6-5-7-9-20/h5-16,26,36H,4,17H2,1-3H3/b27-25+/t26-/m0/s1. The lowest BCUT2D eigenvalue weighted by atomic mass is 9.94. The summed E-state index contributed by atoms with van der Waals surface area (Å²) in [5.41, 5.74) is 2.12. The molecule has 2 heterocycles. The summed E-state index contributed by atoms with van der Waals surface area (Å²) >= 11 is 0.873. The molecule has 3 aromatic carbocycles. The van der Waals surface area contributed by atoms with Gasteiger partial charge < -0.3 is 14.6 Å². The average molecular weight is 614 g/mol. The summed E-state index contributed by atoms with van der Waals surface area (Å²) < 4.78 is 11.0. The number of non-ortho nitro benzene ring substituents is 1. The number of nitro groups is 1. The maximum Gasteiger partial charge on any atom is 0.350 e. The van der Waals surface area contributed by atoms with Gasteiger partial charge in [-0.1, -0.05) is 41.7 Å². The van der Waals surface area contributed by atoms with Crippen LogP contribution in [0.1, 0.15) is 50.6 Å². The van der Waals surface area contributed by atoms with Crippen LogP contribution in [-0.2, 0) is 20.9 Å². The molecule has 1 N–H and O–H groups in total. The van der Waals surface area contributed by atoms with Crippen molar-refractivity contribution >= 4 is 45.6 Å². The van der Waals surface area contributed by atoms with E-state index in [-0.39, 0.29) is 33.4 Å². The van der Waals surface area contributed by atoms with E-state index in [2.05, 4.69) is 4.98 Å². The van der Waals surface area contributed by atoms with Crippen molar-refractivity contribution in [2.24, 2.45) is 0 Å². The molecule has 224 valence electrons. The number of aromatic nitrogens is 1. The molecule has 0 spiro atoms. The lowest BCUT2D eigenvalue weighted by Gasteiger charge is -2.23. The first-order valence-corrected chi connectivity index (χ1v) is 14.4. The van der Waals surface area contributed by atoms with Gasteiger partial charge in [-0.3, -0.25) is 24.6 Å². The molecule has 1 fully saturated rings. The largest absolute Gasteiger partial charge is 0.507 e. The molecule has 1 amide bonds. The molecule has 0 unspecified atom stereocenters. The number of nitrogens with zero attached hydrogens (tertiary/aromatic N) is 3. The second kappa shape index (κ2) is 12.5. The van der Waals surface area contributed by atoms with Crippen LogP contribution in [0, 0.1) is 24.0 Å². The van der Waals surface area contributed by atoms with Gasteiger partial charge in [-0.2, -0.15) is 0 Å². The number of carbonyl (C=O) groups is 3. The highest BCUT2D eigenvalue weighted by Gasteiger charge is 2.48. The fourth-order valence-electron chi connectivity index (χ4n) is 4.84. The predicted octanol–water partition coefficient (Wildman–Crippen LogP) is 6.05. The van der Waals surface area contributed by atoms with Gasteiger partial charge in [-0.05, 0) is 67.8 Å². The van der Waals surface area contributed by atoms with Crippen molar-refractivity contribution in [1.82, 2.24) is 4.98 Å². The number of rotatable bonds is 9. The number of hydrogen-bond acceptors (Lipinski definition) is 10. The van der Waals surface area contributed by atoms with E-state index < -0.39 is 34.4 Å². The highest BCUT2D eigenvalue weighted by Crippen LogP contribution is 2.44. The Morgan fingerprint density at radius 2 is 1.77 bits per heavy atom. The molecule has 0 saturated carbocycles. The Balaban J connectivity index is 1.58. The van der Waals surface area contributed by atoms with Crippen LogP contribution in [0.5, 0.6) is 5.75 Å². The van der Waals surface area contributed by atoms with Gasteiger partial charge in [0.25, 0.3) is 11.5 Å². The number of thiazole rings is 1. The van der Waals surface area contributed by atoms with Gasteiger partial charge in [0, 0.05) is 17.7 Å². The molecule has 5 rings (SSSR count). The highest BCUT2D eigenvalue weighted by molar-refractivity contribution is 7.17. The fourth-order valence-corrected chi connectivity index (χ4v) is 5.83. The molecule has 1 aromatic heterocycles. The number of ketones is 1. The van der Waals surface area contributed by atoms with Crippen LogP contribution >= 0.6 is 11.3 Å². The number of Topliss-reactive ketones (excluding diaryl/α,β-unsaturated/α-hetero) is 1. The number of nitro benzene ring substituents is 1. The molecule has 1 saturated heterocycles. The maximum absolute atomic E-state index is 13.5. The minimum absolute atomic E-state index is 0.0379. The van der Waals surface area contributed by atoms with E-state index in [9.17, 15) is 29.6 Å². The van der Waals surface area contributed by atoms with Crippen molar-refractivity contribution in [2.45, 2.75) is 33.4 Å². The summed E-state index contributed by atoms with van der Waals surface area (Å²) in [7, 11) is 0. The van der Waals surface area contributed by atoms with Gasteiger partial charge in [-0.25, -0.2) is 9.78 Å². The zero-order chi connectivity index (χ0) is 31.5. The number of esters is 1. The first kappa shape index (κ1) is 30.1. The molecule has 44 heavy (non-hydrogen) atoms. The number of amides is 1. The Morgan fingerprint density at radius 3 is 2.41 bits per heavy atom. The second-order valence-electron chi connectivity index (χ2n) is 9.90. The summed E-state index contributed by atoms with van der Waals surface area (Å²) in [5.74, 6) is -2.44. The highest BCUT2D eigenvalue weighted by atomic mass is 32.1. The van der Waals surface area contributed by atoms with E-state index >= 15 is 0 Å². The second-order valence-corrected chi connectivity index (χ2v) is 10.9. The molecule has 11 nitrogen and oxygen atoms in total. The Bertz CT molecular complexity index is 1800. The molecule has 0 bridgehead atoms. The number of aryl methyl sites for hydroxylation is 2. The van der Waals surface area contributed by atoms with Crippen molar-refractivity contribution in [2.75, 3.05) is 11.5 Å². The molecule has 1 atom stereocenters. The van der Waals surface area contributed by atoms with Crippen LogP contribution in [0.25, 0.3) is 5.76 Å². The Kier molecular flexibility index (Phi) is 8.54. The third-order valence-electron chi connectivity index (χ3n) is 7.00. The summed E-state index contributed by atoms with van der Waals surface area (Å²) in [6.07, 6.45) is 0. The van der Waals surface area contributed by atoms with Crippen molar-refractivity contribution < 1.29 is 33.9 Å². The van der Waals surface area contributed by atoms with Gasteiger partial charge in [0.2, 0.25) is 0 Å². The molecule has 1 aliphatic rings. The molecule has 0 aliphatic carbocycles. The molecule has 0 radical (unpaired) electrons. The topological polar surface area (TPSA) is 149 Å². The van der Waals surface area contributed by atoms with E-state index in [0.717, 1.165) is 21.8 Å². The molecule has 12 heteroatoms. The molecular weight excluding hydrogens is 586 g/mol. The lowest BCUT2D eigenvalue weighted by Crippen LogP contribution is -2.29. The van der Waals surface area contributed by atoms with Crippen molar-refractivity contribution in [3.05, 3.63) is 121 Å². The van der Waals surface area contributed by atoms with Gasteiger partial charge in [-0.15, -0.1) is 0 Å². The number of anilines is 1. The number of aliphatic hydroxyl groups is 1. The number of ether oxygens (including phenoxy) is 2. The first-order valence-electron chi connectivity index (χ1n) is 13.6. The summed E-state index contributed by atoms with van der Waals surface area (Å²) in [5, 5.41) is 22.9. The van der Waals surface area contributed by atoms with Gasteiger partial charge in [0.05, 0.1) is 28.8 Å². The number of aliphatic hydroxyl groups excluding tert-OH is 1. The third-order valence-corrected chi connectivity index (χ3v) is 8.14. The normalized spacial score (nSPS) is 15.8. The SMILES string of the molecule is CCOC(=O)c1sc(N2C(=O)C(=O)/C(=C(/O)c3ccc(OCc4ccccc4)c(C)c3)[C@@H]2c2ccc([N+](=O)[O-])cc2)nc1C. The van der Waals surface area contributed by atoms with Crippen molar-refractivity contribution in [3.8, 4) is 5.75 Å². The van der Waals surface area contributed by atoms with E-state index in [1.165, 1.54) is 24.3 Å². The van der Waals surface area contributed by atoms with Crippen LogP contribution in [0.15, 0.2) is 78.4 Å². The van der Waals surface area contributed by atoms with Gasteiger partial charge in [0.1, 0.15) is 23.0 Å². The number of hydrogen-bond donors (Lipinski definition) is 1. The summed E-state index contributed by atoms with van der Waals surface area (Å²) in [4.78, 5) is 55.9. The minimum Gasteiger partial charge on any atom is -0.507 e. The van der Waals surface area contributed by atoms with Crippen molar-refractivity contribution in [1.29, 1.82) is 0 Å². The van der Waals surface area contributed by atoms with E-state index in [4.69, 9.17) is 9.47 Å². The summed E-state index contributed by atoms with van der Waals surface area (Å²) in [6, 6.07) is 18.6. The smallest absolute Gasteiger partial charge is 0.350 e. The zero-order valence-electron chi connectivity index (χ0n) is 24.0. The summed E-state index contributed by atoms with van der Waals surface area (Å²) in [6.45, 7) is 5.49. The van der Waals surface area contributed by atoms with E-state index in [1.807, 2.05) is 30.3 Å². The van der Waals surface area contributed by atoms with Crippen LogP contribution in [-0.4, -0.2) is 39.3 Å². The zero-order valence-corrected chi connectivity index (χ0v) is 24.8. The van der Waals surface area contributed by atoms with Gasteiger partial charge in [0.15, 0.2) is 5.13 Å². The Hall–Kier alpha value is -5.36. The minimum atomic E-state index is -1.19. The van der Waals surface area contributed by atoms with Gasteiger partial charge >= 0.3 is 11.9 Å². The third kappa shape index (κ3) is 5.79. The van der Waals surface area contributed by atoms with E-state index in [0.29, 0.717) is 29.2 Å². The Morgan fingerprint density at radius 1 is 1.07 bits per heavy atom. The quantitative estimate of drug-likeness (QED) is 0.0594. The number of benzene rings is 3. The number of carbonyl (C=O) groups excluding carboxylic acids is 3. The maximum atomic E-state index is 13.5. The molecule has 1 aliphatic heterocycles. The van der Waals surface area contributed by atoms with Crippen molar-refractivity contribution in [3.63, 3.8) is 0 Å². The first-order chi connectivity index (χ1) is 21.1. The average Bonchev–Trinajstić information content (AvgIpc) is 3.52. The molecular formula is C32H27N3O8S. The van der Waals surface area contributed by atoms with Crippen LogP contribution in [0.4, 0.5) is 10.8 Å². The van der Waals surface area contributed by atoms with Crippen LogP contribution in [0.3, 0.4) is 0 Å². The monoisotopic (exact) mass is 613 g/mol. The Labute approximate surface area is 256 Å².